The number of nitriles is 1. The number of rotatable bonds is 5. The minimum Gasteiger partial charge on any atom is -0.461 e. The van der Waals surface area contributed by atoms with Crippen molar-refractivity contribution in [3.63, 3.8) is 0 Å². The van der Waals surface area contributed by atoms with Gasteiger partial charge in [0, 0.05) is 48.4 Å². The standard InChI is InChI=1S/C23H20FN5O2/c1-15-5-7-23(14-29-15,31-20-11-16(13-25)6-10-26-20)21(30)18-4-3-17(24)12-19(18)22-27-8-2-9-28-22/h2-4,6,8-12,15,29H,5,7,14H2,1H3/t15-,23-/m1/s1. The van der Waals surface area contributed by atoms with Crippen LogP contribution in [0.25, 0.3) is 11.4 Å². The zero-order valence-corrected chi connectivity index (χ0v) is 16.9. The van der Waals surface area contributed by atoms with E-state index in [4.69, 9.17) is 4.74 Å². The minimum atomic E-state index is -1.27. The average Bonchev–Trinajstić information content (AvgIpc) is 2.81. The van der Waals surface area contributed by atoms with Crippen LogP contribution >= 0.6 is 0 Å². The van der Waals surface area contributed by atoms with Crippen molar-refractivity contribution in [3.05, 3.63) is 71.9 Å². The number of carbonyl (C=O) groups excluding carboxylic acids is 1. The number of hydrogen-bond acceptors (Lipinski definition) is 7. The average molecular weight is 417 g/mol. The molecule has 0 saturated carbocycles. The summed E-state index contributed by atoms with van der Waals surface area (Å²) >= 11 is 0. The highest BCUT2D eigenvalue weighted by atomic mass is 19.1. The van der Waals surface area contributed by atoms with Crippen molar-refractivity contribution in [3.8, 4) is 23.3 Å². The van der Waals surface area contributed by atoms with Crippen molar-refractivity contribution in [1.82, 2.24) is 20.3 Å². The van der Waals surface area contributed by atoms with E-state index in [1.54, 1.807) is 12.1 Å². The maximum Gasteiger partial charge on any atom is 0.215 e. The van der Waals surface area contributed by atoms with E-state index in [1.165, 1.54) is 42.9 Å². The molecule has 2 aromatic heterocycles. The first kappa shape index (κ1) is 20.6. The summed E-state index contributed by atoms with van der Waals surface area (Å²) in [5.41, 5.74) is -0.328. The van der Waals surface area contributed by atoms with Gasteiger partial charge in [-0.15, -0.1) is 0 Å². The third-order valence-electron chi connectivity index (χ3n) is 5.33. The number of piperidine rings is 1. The Morgan fingerprint density at radius 3 is 2.74 bits per heavy atom. The number of carbonyl (C=O) groups is 1. The molecule has 0 radical (unpaired) electrons. The topological polar surface area (TPSA) is 101 Å². The lowest BCUT2D eigenvalue weighted by Crippen LogP contribution is -2.58. The highest BCUT2D eigenvalue weighted by molar-refractivity contribution is 6.07. The van der Waals surface area contributed by atoms with Crippen LogP contribution in [0.15, 0.2) is 55.0 Å². The molecule has 1 aliphatic heterocycles. The van der Waals surface area contributed by atoms with Crippen molar-refractivity contribution in [2.24, 2.45) is 0 Å². The van der Waals surface area contributed by atoms with Gasteiger partial charge in [-0.2, -0.15) is 5.26 Å². The monoisotopic (exact) mass is 417 g/mol. The van der Waals surface area contributed by atoms with E-state index in [1.807, 2.05) is 13.0 Å². The maximum atomic E-state index is 14.1. The van der Waals surface area contributed by atoms with E-state index in [0.29, 0.717) is 24.0 Å². The molecule has 0 amide bonds. The fraction of sp³-hybridized carbons (Fsp3) is 0.261. The van der Waals surface area contributed by atoms with E-state index in [9.17, 15) is 14.4 Å². The molecule has 7 nitrogen and oxygen atoms in total. The zero-order chi connectivity index (χ0) is 21.8. The van der Waals surface area contributed by atoms with Crippen LogP contribution in [-0.2, 0) is 0 Å². The fourth-order valence-corrected chi connectivity index (χ4v) is 3.62. The van der Waals surface area contributed by atoms with Crippen molar-refractivity contribution in [2.45, 2.75) is 31.4 Å². The first-order chi connectivity index (χ1) is 15.0. The number of Topliss-reactive ketones (excluding diaryl/α,β-unsaturated/α-hetero) is 1. The summed E-state index contributed by atoms with van der Waals surface area (Å²) < 4.78 is 20.2. The number of hydrogen-bond donors (Lipinski definition) is 1. The number of nitrogens with one attached hydrogen (secondary N) is 1. The SMILES string of the molecule is C[C@@H]1CC[C@](Oc2cc(C#N)ccn2)(C(=O)c2ccc(F)cc2-c2ncccn2)CN1. The van der Waals surface area contributed by atoms with Crippen molar-refractivity contribution in [1.29, 1.82) is 5.26 Å². The van der Waals surface area contributed by atoms with Crippen LogP contribution in [0.2, 0.25) is 0 Å². The van der Waals surface area contributed by atoms with Gasteiger partial charge in [-0.25, -0.2) is 19.3 Å². The van der Waals surface area contributed by atoms with Crippen LogP contribution in [0.3, 0.4) is 0 Å². The summed E-state index contributed by atoms with van der Waals surface area (Å²) in [6, 6.07) is 10.9. The number of ketones is 1. The summed E-state index contributed by atoms with van der Waals surface area (Å²) in [5, 5.41) is 12.5. The van der Waals surface area contributed by atoms with Crippen LogP contribution in [0.1, 0.15) is 35.7 Å². The molecule has 0 aliphatic carbocycles. The molecule has 3 heterocycles. The van der Waals surface area contributed by atoms with Crippen LogP contribution in [0.5, 0.6) is 5.88 Å². The number of nitrogens with zero attached hydrogens (tertiary/aromatic N) is 4. The Balaban J connectivity index is 1.78. The lowest BCUT2D eigenvalue weighted by atomic mass is 9.82. The van der Waals surface area contributed by atoms with Crippen LogP contribution in [-0.4, -0.2) is 38.9 Å². The Morgan fingerprint density at radius 1 is 1.23 bits per heavy atom. The number of benzene rings is 1. The smallest absolute Gasteiger partial charge is 0.215 e. The molecule has 2 atom stereocenters. The van der Waals surface area contributed by atoms with Gasteiger partial charge in [-0.3, -0.25) is 4.79 Å². The molecule has 31 heavy (non-hydrogen) atoms. The van der Waals surface area contributed by atoms with Crippen molar-refractivity contribution < 1.29 is 13.9 Å². The number of aromatic nitrogens is 3. The third-order valence-corrected chi connectivity index (χ3v) is 5.33. The Hall–Kier alpha value is -3.70. The lowest BCUT2D eigenvalue weighted by Gasteiger charge is -2.38. The van der Waals surface area contributed by atoms with E-state index in [-0.39, 0.29) is 35.6 Å². The number of pyridine rings is 1. The third kappa shape index (κ3) is 4.27. The predicted octanol–water partition coefficient (Wildman–Crippen LogP) is 3.32. The Morgan fingerprint density at radius 2 is 2.03 bits per heavy atom. The van der Waals surface area contributed by atoms with Crippen LogP contribution in [0.4, 0.5) is 4.39 Å². The van der Waals surface area contributed by atoms with E-state index < -0.39 is 11.4 Å². The maximum absolute atomic E-state index is 14.1. The highest BCUT2D eigenvalue weighted by Crippen LogP contribution is 2.32. The van der Waals surface area contributed by atoms with Gasteiger partial charge in [0.15, 0.2) is 11.4 Å². The molecule has 1 aromatic carbocycles. The van der Waals surface area contributed by atoms with Crippen molar-refractivity contribution in [2.75, 3.05) is 6.54 Å². The molecular formula is C23H20FN5O2. The molecule has 1 aliphatic rings. The summed E-state index contributed by atoms with van der Waals surface area (Å²) in [6.07, 6.45) is 5.67. The summed E-state index contributed by atoms with van der Waals surface area (Å²) in [7, 11) is 0. The second kappa shape index (κ2) is 8.58. The largest absolute Gasteiger partial charge is 0.461 e. The quantitative estimate of drug-likeness (QED) is 0.636. The highest BCUT2D eigenvalue weighted by Gasteiger charge is 2.45. The van der Waals surface area contributed by atoms with E-state index in [2.05, 4.69) is 20.3 Å². The number of halogens is 1. The predicted molar refractivity (Wildman–Crippen MR) is 111 cm³/mol. The molecule has 0 unspecified atom stereocenters. The molecule has 1 fully saturated rings. The van der Waals surface area contributed by atoms with Gasteiger partial charge < -0.3 is 10.1 Å². The molecule has 0 bridgehead atoms. The lowest BCUT2D eigenvalue weighted by molar-refractivity contribution is 0.0265. The molecule has 156 valence electrons. The van der Waals surface area contributed by atoms with E-state index >= 15 is 0 Å². The van der Waals surface area contributed by atoms with E-state index in [0.717, 1.165) is 0 Å². The molecule has 1 saturated heterocycles. The summed E-state index contributed by atoms with van der Waals surface area (Å²) in [6.45, 7) is 2.28. The van der Waals surface area contributed by atoms with Gasteiger partial charge in [-0.1, -0.05) is 0 Å². The molecule has 8 heteroatoms. The first-order valence-corrected chi connectivity index (χ1v) is 9.91. The van der Waals surface area contributed by atoms with Crippen LogP contribution < -0.4 is 10.1 Å². The Bertz CT molecular complexity index is 1140. The van der Waals surface area contributed by atoms with Crippen molar-refractivity contribution >= 4 is 5.78 Å². The number of ether oxygens (including phenoxy) is 1. The van der Waals surface area contributed by atoms with Crippen LogP contribution in [0, 0.1) is 17.1 Å². The van der Waals surface area contributed by atoms with Gasteiger partial charge in [0.1, 0.15) is 5.82 Å². The molecule has 4 rings (SSSR count). The minimum absolute atomic E-state index is 0.184. The fourth-order valence-electron chi connectivity index (χ4n) is 3.62. The summed E-state index contributed by atoms with van der Waals surface area (Å²) in [5.74, 6) is -0.378. The molecule has 1 N–H and O–H groups in total. The molecule has 0 spiro atoms. The second-order valence-electron chi connectivity index (χ2n) is 7.50. The van der Waals surface area contributed by atoms with Gasteiger partial charge in [-0.05, 0) is 50.1 Å². The Kier molecular flexibility index (Phi) is 5.69. The van der Waals surface area contributed by atoms with Gasteiger partial charge in [0.05, 0.1) is 11.6 Å². The van der Waals surface area contributed by atoms with Gasteiger partial charge in [0.25, 0.3) is 0 Å². The van der Waals surface area contributed by atoms with Gasteiger partial charge >= 0.3 is 0 Å². The normalized spacial score (nSPS) is 20.6. The molecule has 3 aromatic rings. The zero-order valence-electron chi connectivity index (χ0n) is 16.9. The van der Waals surface area contributed by atoms with Gasteiger partial charge in [0.2, 0.25) is 11.7 Å². The molecular weight excluding hydrogens is 397 g/mol. The first-order valence-electron chi connectivity index (χ1n) is 9.91. The summed E-state index contributed by atoms with van der Waals surface area (Å²) in [4.78, 5) is 26.4. The second-order valence-corrected chi connectivity index (χ2v) is 7.50. The Labute approximate surface area is 179 Å².